The Morgan fingerprint density at radius 3 is 2.85 bits per heavy atom. The highest BCUT2D eigenvalue weighted by atomic mass is 35.5. The molecule has 1 aromatic rings. The Hall–Kier alpha value is -0.970. The van der Waals surface area contributed by atoms with Gasteiger partial charge in [-0.15, -0.1) is 0 Å². The van der Waals surface area contributed by atoms with Gasteiger partial charge in [0.1, 0.15) is 0 Å². The molecule has 0 aliphatic heterocycles. The first-order chi connectivity index (χ1) is 6.24. The van der Waals surface area contributed by atoms with E-state index in [9.17, 15) is 0 Å². The fraction of sp³-hybridized carbons (Fsp3) is 0.273. The molecule has 0 unspecified atom stereocenters. The van der Waals surface area contributed by atoms with Crippen LogP contribution in [-0.4, -0.2) is 11.7 Å². The molecule has 0 saturated carbocycles. The Kier molecular flexibility index (Phi) is 3.82. The van der Waals surface area contributed by atoms with Crippen molar-refractivity contribution in [2.75, 3.05) is 6.61 Å². The first-order valence-electron chi connectivity index (χ1n) is 4.10. The Morgan fingerprint density at radius 2 is 2.23 bits per heavy atom. The molecule has 0 saturated heterocycles. The third-order valence-electron chi connectivity index (χ3n) is 1.58. The van der Waals surface area contributed by atoms with Crippen LogP contribution >= 0.6 is 11.6 Å². The molecule has 1 nitrogen and oxygen atoms in total. The number of aliphatic hydroxyl groups is 1. The highest BCUT2D eigenvalue weighted by Gasteiger charge is 1.95. The van der Waals surface area contributed by atoms with Crippen molar-refractivity contribution >= 4 is 11.6 Å². The number of hydrogen-bond acceptors (Lipinski definition) is 1. The summed E-state index contributed by atoms with van der Waals surface area (Å²) in [5, 5.41) is 9.19. The second-order valence-electron chi connectivity index (χ2n) is 2.76. The average Bonchev–Trinajstić information content (AvgIpc) is 2.09. The van der Waals surface area contributed by atoms with Crippen molar-refractivity contribution in [1.82, 2.24) is 0 Å². The first kappa shape index (κ1) is 10.1. The van der Waals surface area contributed by atoms with E-state index in [0.717, 1.165) is 11.1 Å². The standard InChI is InChI=1S/C11H11ClO/c1-9-5-6-10(11(12)8-9)4-2-3-7-13/h5-6,8,13H,3,7H2,1H3. The van der Waals surface area contributed by atoms with Gasteiger partial charge >= 0.3 is 0 Å². The predicted octanol–water partition coefficient (Wildman–Crippen LogP) is 2.38. The van der Waals surface area contributed by atoms with E-state index >= 15 is 0 Å². The predicted molar refractivity (Wildman–Crippen MR) is 54.8 cm³/mol. The van der Waals surface area contributed by atoms with E-state index in [0.29, 0.717) is 11.4 Å². The Labute approximate surface area is 83.4 Å². The lowest BCUT2D eigenvalue weighted by molar-refractivity contribution is 0.305. The van der Waals surface area contributed by atoms with Crippen LogP contribution in [0, 0.1) is 18.8 Å². The van der Waals surface area contributed by atoms with E-state index in [-0.39, 0.29) is 6.61 Å². The molecule has 0 aliphatic rings. The number of aryl methyl sites for hydroxylation is 1. The summed E-state index contributed by atoms with van der Waals surface area (Å²) < 4.78 is 0. The van der Waals surface area contributed by atoms with Gasteiger partial charge in [-0.1, -0.05) is 29.5 Å². The molecule has 0 atom stereocenters. The zero-order chi connectivity index (χ0) is 9.68. The highest BCUT2D eigenvalue weighted by molar-refractivity contribution is 6.31. The molecule has 0 bridgehead atoms. The van der Waals surface area contributed by atoms with E-state index in [4.69, 9.17) is 16.7 Å². The van der Waals surface area contributed by atoms with Crippen molar-refractivity contribution in [3.8, 4) is 11.8 Å². The van der Waals surface area contributed by atoms with Gasteiger partial charge < -0.3 is 5.11 Å². The van der Waals surface area contributed by atoms with Crippen LogP contribution in [0.5, 0.6) is 0 Å². The van der Waals surface area contributed by atoms with Crippen LogP contribution in [-0.2, 0) is 0 Å². The first-order valence-corrected chi connectivity index (χ1v) is 4.47. The van der Waals surface area contributed by atoms with Crippen LogP contribution in [0.3, 0.4) is 0 Å². The SMILES string of the molecule is Cc1ccc(C#CCCO)c(Cl)c1. The normalized spacial score (nSPS) is 9.15. The van der Waals surface area contributed by atoms with Crippen molar-refractivity contribution in [2.24, 2.45) is 0 Å². The van der Waals surface area contributed by atoms with Crippen LogP contribution in [0.4, 0.5) is 0 Å². The lowest BCUT2D eigenvalue weighted by atomic mass is 10.1. The maximum absolute atomic E-state index is 8.52. The van der Waals surface area contributed by atoms with Crippen molar-refractivity contribution in [1.29, 1.82) is 0 Å². The molecule has 0 fully saturated rings. The van der Waals surface area contributed by atoms with Gasteiger partial charge in [-0.3, -0.25) is 0 Å². The molecule has 2 heteroatoms. The fourth-order valence-electron chi connectivity index (χ4n) is 0.935. The van der Waals surface area contributed by atoms with Crippen molar-refractivity contribution < 1.29 is 5.11 Å². The summed E-state index contributed by atoms with van der Waals surface area (Å²) in [6, 6.07) is 5.74. The fourth-order valence-corrected chi connectivity index (χ4v) is 1.22. The number of aliphatic hydroxyl groups excluding tert-OH is 1. The number of halogens is 1. The van der Waals surface area contributed by atoms with Gasteiger partial charge in [0.05, 0.1) is 11.6 Å². The topological polar surface area (TPSA) is 20.2 Å². The van der Waals surface area contributed by atoms with Crippen LogP contribution in [0.25, 0.3) is 0 Å². The maximum atomic E-state index is 8.52. The summed E-state index contributed by atoms with van der Waals surface area (Å²) in [7, 11) is 0. The summed E-state index contributed by atoms with van der Waals surface area (Å²) in [6.45, 7) is 2.08. The molecular formula is C11H11ClO. The zero-order valence-electron chi connectivity index (χ0n) is 7.47. The van der Waals surface area contributed by atoms with E-state index in [1.165, 1.54) is 0 Å². The minimum atomic E-state index is 0.0937. The molecule has 13 heavy (non-hydrogen) atoms. The van der Waals surface area contributed by atoms with Crippen LogP contribution in [0.15, 0.2) is 18.2 Å². The van der Waals surface area contributed by atoms with E-state index < -0.39 is 0 Å². The monoisotopic (exact) mass is 194 g/mol. The van der Waals surface area contributed by atoms with E-state index in [1.807, 2.05) is 25.1 Å². The molecule has 0 aliphatic carbocycles. The minimum Gasteiger partial charge on any atom is -0.395 e. The summed E-state index contributed by atoms with van der Waals surface area (Å²) >= 11 is 5.94. The van der Waals surface area contributed by atoms with Gasteiger partial charge in [-0.05, 0) is 24.6 Å². The number of benzene rings is 1. The maximum Gasteiger partial charge on any atom is 0.0565 e. The summed E-state index contributed by atoms with van der Waals surface area (Å²) in [5.41, 5.74) is 1.94. The molecule has 0 heterocycles. The smallest absolute Gasteiger partial charge is 0.0565 e. The molecule has 68 valence electrons. The zero-order valence-corrected chi connectivity index (χ0v) is 8.23. The quantitative estimate of drug-likeness (QED) is 0.681. The van der Waals surface area contributed by atoms with Gasteiger partial charge in [0.15, 0.2) is 0 Å². The number of hydrogen-bond donors (Lipinski definition) is 1. The van der Waals surface area contributed by atoms with Crippen molar-refractivity contribution in [3.63, 3.8) is 0 Å². The Bertz CT molecular complexity index is 347. The molecule has 1 aromatic carbocycles. The van der Waals surface area contributed by atoms with Gasteiger partial charge in [0.2, 0.25) is 0 Å². The summed E-state index contributed by atoms with van der Waals surface area (Å²) in [4.78, 5) is 0. The third kappa shape index (κ3) is 3.10. The lowest BCUT2D eigenvalue weighted by Crippen LogP contribution is -1.80. The van der Waals surface area contributed by atoms with E-state index in [2.05, 4.69) is 11.8 Å². The van der Waals surface area contributed by atoms with Gasteiger partial charge in [-0.25, -0.2) is 0 Å². The molecule has 0 amide bonds. The van der Waals surface area contributed by atoms with Crippen molar-refractivity contribution in [2.45, 2.75) is 13.3 Å². The Morgan fingerprint density at radius 1 is 1.46 bits per heavy atom. The molecule has 1 N–H and O–H groups in total. The van der Waals surface area contributed by atoms with Gasteiger partial charge in [-0.2, -0.15) is 0 Å². The molecular weight excluding hydrogens is 184 g/mol. The molecule has 1 rings (SSSR count). The van der Waals surface area contributed by atoms with Crippen LogP contribution < -0.4 is 0 Å². The van der Waals surface area contributed by atoms with Gasteiger partial charge in [0, 0.05) is 12.0 Å². The molecule has 0 aromatic heterocycles. The van der Waals surface area contributed by atoms with E-state index in [1.54, 1.807) is 0 Å². The lowest BCUT2D eigenvalue weighted by Gasteiger charge is -1.96. The summed E-state index contributed by atoms with van der Waals surface area (Å²) in [6.07, 6.45) is 0.490. The van der Waals surface area contributed by atoms with Gasteiger partial charge in [0.25, 0.3) is 0 Å². The second-order valence-corrected chi connectivity index (χ2v) is 3.17. The summed E-state index contributed by atoms with van der Waals surface area (Å²) in [5.74, 6) is 5.73. The Balaban J connectivity index is 2.85. The van der Waals surface area contributed by atoms with Crippen molar-refractivity contribution in [3.05, 3.63) is 34.3 Å². The van der Waals surface area contributed by atoms with Crippen LogP contribution in [0.1, 0.15) is 17.5 Å². The largest absolute Gasteiger partial charge is 0.395 e. The number of rotatable bonds is 1. The van der Waals surface area contributed by atoms with Crippen LogP contribution in [0.2, 0.25) is 5.02 Å². The second kappa shape index (κ2) is 4.91. The average molecular weight is 195 g/mol. The molecule has 0 radical (unpaired) electrons. The molecule has 0 spiro atoms. The highest BCUT2D eigenvalue weighted by Crippen LogP contribution is 2.16. The third-order valence-corrected chi connectivity index (χ3v) is 1.90. The minimum absolute atomic E-state index is 0.0937.